The lowest BCUT2D eigenvalue weighted by Gasteiger charge is -2.10. The lowest BCUT2D eigenvalue weighted by molar-refractivity contribution is -0.0979. The summed E-state index contributed by atoms with van der Waals surface area (Å²) >= 11 is 0. The third-order valence-electron chi connectivity index (χ3n) is 2.72. The van der Waals surface area contributed by atoms with Gasteiger partial charge < -0.3 is 24.3 Å². The number of hydrogen-bond acceptors (Lipinski definition) is 5. The van der Waals surface area contributed by atoms with Gasteiger partial charge in [-0.15, -0.1) is 0 Å². The molecule has 0 heterocycles. The van der Waals surface area contributed by atoms with E-state index in [9.17, 15) is 4.39 Å². The van der Waals surface area contributed by atoms with Crippen molar-refractivity contribution in [3.8, 4) is 5.75 Å². The second kappa shape index (κ2) is 15.2. The van der Waals surface area contributed by atoms with Crippen molar-refractivity contribution >= 4 is 12.5 Å². The Bertz CT molecular complexity index is 410. The Hall–Kier alpha value is -1.66. The van der Waals surface area contributed by atoms with E-state index in [1.807, 2.05) is 13.7 Å². The molecule has 0 aliphatic carbocycles. The summed E-state index contributed by atoms with van der Waals surface area (Å²) in [6.07, 6.45) is 1.90. The van der Waals surface area contributed by atoms with Crippen LogP contribution in [0, 0.1) is 5.82 Å². The second-order valence-corrected chi connectivity index (χ2v) is 4.60. The van der Waals surface area contributed by atoms with E-state index in [2.05, 4.69) is 12.2 Å². The summed E-state index contributed by atoms with van der Waals surface area (Å²) in [6.45, 7) is 9.78. The molecule has 0 saturated carbocycles. The van der Waals surface area contributed by atoms with Gasteiger partial charge in [-0.3, -0.25) is 0 Å². The van der Waals surface area contributed by atoms with Crippen LogP contribution in [-0.2, 0) is 14.3 Å². The van der Waals surface area contributed by atoms with Crippen molar-refractivity contribution in [1.82, 2.24) is 0 Å². The predicted octanol–water partition coefficient (Wildman–Crippen LogP) is 3.53. The molecule has 1 N–H and O–H groups in total. The third-order valence-corrected chi connectivity index (χ3v) is 2.72. The van der Waals surface area contributed by atoms with E-state index in [1.54, 1.807) is 12.1 Å². The van der Waals surface area contributed by atoms with E-state index in [-0.39, 0.29) is 13.0 Å². The first-order valence-electron chi connectivity index (χ1n) is 7.88. The summed E-state index contributed by atoms with van der Waals surface area (Å²) in [4.78, 5) is 8.00. The van der Waals surface area contributed by atoms with Crippen LogP contribution in [0.5, 0.6) is 5.75 Å². The Kier molecular flexibility index (Phi) is 14.1. The summed E-state index contributed by atoms with van der Waals surface area (Å²) in [5.74, 6) is -0.104. The zero-order chi connectivity index (χ0) is 17.3. The average Bonchev–Trinajstić information content (AvgIpc) is 2.58. The van der Waals surface area contributed by atoms with Crippen LogP contribution in [-0.4, -0.2) is 46.4 Å². The minimum Gasteiger partial charge on any atom is -0.488 e. The van der Waals surface area contributed by atoms with Gasteiger partial charge in [-0.1, -0.05) is 6.92 Å². The Labute approximate surface area is 139 Å². The van der Waals surface area contributed by atoms with Crippen molar-refractivity contribution in [1.29, 1.82) is 0 Å². The molecule has 5 nitrogen and oxygen atoms in total. The second-order valence-electron chi connectivity index (χ2n) is 4.60. The number of carbonyl (C=O) groups excluding carboxylic acids is 1. The lowest BCUT2D eigenvalue weighted by Crippen LogP contribution is -2.10. The summed E-state index contributed by atoms with van der Waals surface area (Å²) in [7, 11) is 0. The lowest BCUT2D eigenvalue weighted by atomic mass is 10.3. The number of ether oxygens (including phenoxy) is 3. The minimum absolute atomic E-state index is 0. The van der Waals surface area contributed by atoms with Crippen molar-refractivity contribution in [2.24, 2.45) is 0 Å². The van der Waals surface area contributed by atoms with Crippen molar-refractivity contribution in [3.05, 3.63) is 24.0 Å². The molecule has 23 heavy (non-hydrogen) atoms. The maximum absolute atomic E-state index is 13.5. The minimum atomic E-state index is -0.357. The first kappa shape index (κ1) is 21.3. The molecule has 0 saturated heterocycles. The Morgan fingerprint density at radius 3 is 2.43 bits per heavy atom. The van der Waals surface area contributed by atoms with E-state index in [1.165, 1.54) is 6.07 Å². The van der Waals surface area contributed by atoms with Crippen LogP contribution in [0.25, 0.3) is 0 Å². The molecule has 1 aromatic carbocycles. The largest absolute Gasteiger partial charge is 0.488 e. The zero-order valence-corrected chi connectivity index (χ0v) is 14.1. The molecule has 0 bridgehead atoms. The van der Waals surface area contributed by atoms with Gasteiger partial charge in [0.1, 0.15) is 13.4 Å². The monoisotopic (exact) mass is 331 g/mol. The number of rotatable bonds is 12. The van der Waals surface area contributed by atoms with Crippen LogP contribution in [0.4, 0.5) is 10.1 Å². The Balaban J connectivity index is 0. The van der Waals surface area contributed by atoms with E-state index in [0.29, 0.717) is 26.4 Å². The molecule has 0 amide bonds. The van der Waals surface area contributed by atoms with Crippen LogP contribution < -0.4 is 10.1 Å². The van der Waals surface area contributed by atoms with Gasteiger partial charge in [0.2, 0.25) is 0 Å². The maximum Gasteiger partial charge on any atom is 0.165 e. The number of carbonyl (C=O) groups is 1. The summed E-state index contributed by atoms with van der Waals surface area (Å²) in [5.41, 5.74) is 0.850. The standard InChI is InChI=1S/C16H26FNO3.CH2O.H2/c1-3-8-19-9-5-10-20-11-12-21-16-13-14(18-4-2)6-7-15(16)17;1-2;/h6-7,13,18H,3-5,8-12H2,1-2H3;1H2;1H. The van der Waals surface area contributed by atoms with Gasteiger partial charge in [0.15, 0.2) is 11.6 Å². The van der Waals surface area contributed by atoms with Crippen LogP contribution in [0.1, 0.15) is 28.1 Å². The van der Waals surface area contributed by atoms with Crippen LogP contribution >= 0.6 is 0 Å². The third kappa shape index (κ3) is 10.7. The highest BCUT2D eigenvalue weighted by atomic mass is 19.1. The normalized spacial score (nSPS) is 9.87. The van der Waals surface area contributed by atoms with Gasteiger partial charge in [0, 0.05) is 39.5 Å². The highest BCUT2D eigenvalue weighted by molar-refractivity contribution is 5.48. The summed E-state index contributed by atoms with van der Waals surface area (Å²) in [5, 5.41) is 3.12. The first-order chi connectivity index (χ1) is 11.3. The van der Waals surface area contributed by atoms with E-state index < -0.39 is 0 Å². The van der Waals surface area contributed by atoms with Crippen molar-refractivity contribution in [3.63, 3.8) is 0 Å². The highest BCUT2D eigenvalue weighted by Crippen LogP contribution is 2.21. The van der Waals surface area contributed by atoms with Crippen molar-refractivity contribution in [2.45, 2.75) is 26.7 Å². The highest BCUT2D eigenvalue weighted by Gasteiger charge is 2.04. The van der Waals surface area contributed by atoms with E-state index in [0.717, 1.165) is 31.7 Å². The molecule has 1 rings (SSSR count). The molecule has 0 aromatic heterocycles. The number of benzene rings is 1. The van der Waals surface area contributed by atoms with E-state index in [4.69, 9.17) is 19.0 Å². The van der Waals surface area contributed by atoms with Gasteiger partial charge in [0.25, 0.3) is 0 Å². The molecule has 0 spiro atoms. The van der Waals surface area contributed by atoms with Gasteiger partial charge in [-0.2, -0.15) is 0 Å². The maximum atomic E-state index is 13.5. The topological polar surface area (TPSA) is 56.8 Å². The van der Waals surface area contributed by atoms with Gasteiger partial charge in [-0.25, -0.2) is 4.39 Å². The number of halogens is 1. The Morgan fingerprint density at radius 1 is 1.09 bits per heavy atom. The van der Waals surface area contributed by atoms with Crippen molar-refractivity contribution < 1.29 is 24.8 Å². The molecule has 0 aliphatic heterocycles. The molecule has 0 radical (unpaired) electrons. The molecular weight excluding hydrogens is 301 g/mol. The van der Waals surface area contributed by atoms with Crippen LogP contribution in [0.2, 0.25) is 0 Å². The molecule has 6 heteroatoms. The van der Waals surface area contributed by atoms with Crippen LogP contribution in [0.15, 0.2) is 18.2 Å². The molecule has 0 aliphatic rings. The van der Waals surface area contributed by atoms with Gasteiger partial charge >= 0.3 is 0 Å². The SMILES string of the molecule is C=O.CCCOCCCOCCOc1cc(NCC)ccc1F.[HH]. The molecule has 0 unspecified atom stereocenters. The number of nitrogens with one attached hydrogen (secondary N) is 1. The molecule has 1 aromatic rings. The fraction of sp³-hybridized carbons (Fsp3) is 0.588. The fourth-order valence-corrected chi connectivity index (χ4v) is 1.75. The van der Waals surface area contributed by atoms with E-state index >= 15 is 0 Å². The Morgan fingerprint density at radius 2 is 1.78 bits per heavy atom. The average molecular weight is 331 g/mol. The van der Waals surface area contributed by atoms with Crippen LogP contribution in [0.3, 0.4) is 0 Å². The number of anilines is 1. The predicted molar refractivity (Wildman–Crippen MR) is 91.8 cm³/mol. The number of hydrogen-bond donors (Lipinski definition) is 1. The fourth-order valence-electron chi connectivity index (χ4n) is 1.75. The zero-order valence-electron chi connectivity index (χ0n) is 14.1. The van der Waals surface area contributed by atoms with Gasteiger partial charge in [-0.05, 0) is 31.9 Å². The molecule has 0 atom stereocenters. The quantitative estimate of drug-likeness (QED) is 0.594. The van der Waals surface area contributed by atoms with Gasteiger partial charge in [0.05, 0.1) is 6.61 Å². The molecule has 134 valence electrons. The summed E-state index contributed by atoms with van der Waals surface area (Å²) < 4.78 is 29.7. The summed E-state index contributed by atoms with van der Waals surface area (Å²) in [6, 6.07) is 4.76. The first-order valence-corrected chi connectivity index (χ1v) is 7.88. The van der Waals surface area contributed by atoms with Crippen molar-refractivity contribution in [2.75, 3.05) is 44.9 Å². The molecular formula is C17H30FNO4. The molecule has 0 fully saturated rings. The smallest absolute Gasteiger partial charge is 0.165 e.